The van der Waals surface area contributed by atoms with E-state index < -0.39 is 0 Å². The maximum atomic E-state index is 11.5. The molecule has 4 nitrogen and oxygen atoms in total. The monoisotopic (exact) mass is 249 g/mol. The van der Waals surface area contributed by atoms with Gasteiger partial charge in [-0.05, 0) is 36.5 Å². The van der Waals surface area contributed by atoms with Crippen molar-refractivity contribution >= 4 is 5.91 Å². The van der Waals surface area contributed by atoms with Crippen LogP contribution in [0.1, 0.15) is 31.4 Å². The van der Waals surface area contributed by atoms with Gasteiger partial charge in [0.05, 0.1) is 6.54 Å². The van der Waals surface area contributed by atoms with Gasteiger partial charge in [0.2, 0.25) is 5.91 Å². The maximum absolute atomic E-state index is 11.5. The lowest BCUT2D eigenvalue weighted by molar-refractivity contribution is -0.120. The highest BCUT2D eigenvalue weighted by molar-refractivity contribution is 5.77. The lowest BCUT2D eigenvalue weighted by Gasteiger charge is -2.09. The molecule has 0 atom stereocenters. The van der Waals surface area contributed by atoms with Gasteiger partial charge in [-0.3, -0.25) is 9.78 Å². The maximum Gasteiger partial charge on any atom is 0.233 e. The number of carbonyl (C=O) groups excluding carboxylic acids is 1. The van der Waals surface area contributed by atoms with Crippen molar-refractivity contribution in [3.05, 3.63) is 29.6 Å². The van der Waals surface area contributed by atoms with Gasteiger partial charge in [0.1, 0.15) is 0 Å². The van der Waals surface area contributed by atoms with Gasteiger partial charge in [-0.1, -0.05) is 13.8 Å². The third kappa shape index (κ3) is 5.77. The Kier molecular flexibility index (Phi) is 6.36. The molecule has 0 unspecified atom stereocenters. The summed E-state index contributed by atoms with van der Waals surface area (Å²) in [5.74, 6) is 0.675. The number of aromatic nitrogens is 1. The number of hydrogen-bond donors (Lipinski definition) is 2. The Bertz CT molecular complexity index is 377. The van der Waals surface area contributed by atoms with E-state index in [1.165, 1.54) is 5.56 Å². The zero-order valence-electron chi connectivity index (χ0n) is 11.5. The second kappa shape index (κ2) is 7.82. The number of hydrogen-bond acceptors (Lipinski definition) is 3. The van der Waals surface area contributed by atoms with Crippen molar-refractivity contribution in [3.8, 4) is 0 Å². The Balaban J connectivity index is 2.18. The molecule has 0 bridgehead atoms. The first-order valence-corrected chi connectivity index (χ1v) is 6.46. The lowest BCUT2D eigenvalue weighted by Crippen LogP contribution is -2.34. The molecule has 0 saturated carbocycles. The summed E-state index contributed by atoms with van der Waals surface area (Å²) >= 11 is 0. The molecule has 100 valence electrons. The van der Waals surface area contributed by atoms with E-state index in [0.717, 1.165) is 18.5 Å². The molecule has 0 aromatic carbocycles. The Hall–Kier alpha value is -1.42. The highest BCUT2D eigenvalue weighted by Gasteiger charge is 2.02. The fourth-order valence-corrected chi connectivity index (χ4v) is 1.56. The summed E-state index contributed by atoms with van der Waals surface area (Å²) in [6.45, 7) is 8.13. The van der Waals surface area contributed by atoms with Gasteiger partial charge in [0, 0.05) is 25.5 Å². The van der Waals surface area contributed by atoms with Crippen molar-refractivity contribution in [1.82, 2.24) is 15.6 Å². The van der Waals surface area contributed by atoms with Crippen LogP contribution in [0.5, 0.6) is 0 Å². The molecule has 1 aromatic heterocycles. The molecule has 0 fully saturated rings. The zero-order valence-corrected chi connectivity index (χ0v) is 11.5. The Morgan fingerprint density at radius 1 is 1.44 bits per heavy atom. The zero-order chi connectivity index (χ0) is 13.4. The summed E-state index contributed by atoms with van der Waals surface area (Å²) in [5.41, 5.74) is 2.32. The molecule has 18 heavy (non-hydrogen) atoms. The van der Waals surface area contributed by atoms with Gasteiger partial charge >= 0.3 is 0 Å². The van der Waals surface area contributed by atoms with E-state index in [9.17, 15) is 4.79 Å². The third-order valence-corrected chi connectivity index (χ3v) is 2.79. The van der Waals surface area contributed by atoms with Crippen LogP contribution in [0.15, 0.2) is 18.5 Å². The first-order chi connectivity index (χ1) is 8.59. The second-order valence-corrected chi connectivity index (χ2v) is 4.94. The topological polar surface area (TPSA) is 54.0 Å². The summed E-state index contributed by atoms with van der Waals surface area (Å²) in [6.07, 6.45) is 4.63. The molecule has 0 saturated heterocycles. The lowest BCUT2D eigenvalue weighted by atomic mass is 10.1. The van der Waals surface area contributed by atoms with E-state index in [1.807, 2.05) is 19.2 Å². The molecule has 0 aliphatic carbocycles. The summed E-state index contributed by atoms with van der Waals surface area (Å²) in [5, 5.41) is 6.03. The van der Waals surface area contributed by atoms with Crippen LogP contribution in [-0.2, 0) is 11.3 Å². The SMILES string of the molecule is Cc1ccncc1CNCC(=O)NCCC(C)C. The molecule has 1 heterocycles. The second-order valence-electron chi connectivity index (χ2n) is 4.94. The number of pyridine rings is 1. The van der Waals surface area contributed by atoms with Crippen molar-refractivity contribution in [3.63, 3.8) is 0 Å². The first-order valence-electron chi connectivity index (χ1n) is 6.46. The van der Waals surface area contributed by atoms with Crippen LogP contribution in [0, 0.1) is 12.8 Å². The van der Waals surface area contributed by atoms with Gasteiger partial charge < -0.3 is 10.6 Å². The van der Waals surface area contributed by atoms with E-state index in [1.54, 1.807) is 6.20 Å². The van der Waals surface area contributed by atoms with Crippen LogP contribution < -0.4 is 10.6 Å². The van der Waals surface area contributed by atoms with E-state index in [2.05, 4.69) is 29.5 Å². The molecule has 1 rings (SSSR count). The van der Waals surface area contributed by atoms with Gasteiger partial charge in [-0.15, -0.1) is 0 Å². The molecule has 0 aliphatic rings. The summed E-state index contributed by atoms with van der Waals surface area (Å²) in [6, 6.07) is 1.97. The number of nitrogens with zero attached hydrogens (tertiary/aromatic N) is 1. The van der Waals surface area contributed by atoms with E-state index >= 15 is 0 Å². The fourth-order valence-electron chi connectivity index (χ4n) is 1.56. The fraction of sp³-hybridized carbons (Fsp3) is 0.571. The predicted octanol–water partition coefficient (Wildman–Crippen LogP) is 1.64. The van der Waals surface area contributed by atoms with Crippen LogP contribution in [0.4, 0.5) is 0 Å². The Labute approximate surface area is 109 Å². The normalized spacial score (nSPS) is 10.7. The predicted molar refractivity (Wildman–Crippen MR) is 73.1 cm³/mol. The molecule has 0 aliphatic heterocycles. The molecule has 0 spiro atoms. The number of nitrogens with one attached hydrogen (secondary N) is 2. The van der Waals surface area contributed by atoms with Crippen molar-refractivity contribution < 1.29 is 4.79 Å². The van der Waals surface area contributed by atoms with Crippen LogP contribution in [-0.4, -0.2) is 24.0 Å². The summed E-state index contributed by atoms with van der Waals surface area (Å²) in [7, 11) is 0. The Morgan fingerprint density at radius 3 is 2.89 bits per heavy atom. The third-order valence-electron chi connectivity index (χ3n) is 2.79. The van der Waals surface area contributed by atoms with Crippen LogP contribution in [0.3, 0.4) is 0 Å². The Morgan fingerprint density at radius 2 is 2.22 bits per heavy atom. The number of amides is 1. The molecular formula is C14H23N3O. The molecule has 0 radical (unpaired) electrons. The smallest absolute Gasteiger partial charge is 0.233 e. The van der Waals surface area contributed by atoms with Crippen molar-refractivity contribution in [1.29, 1.82) is 0 Å². The van der Waals surface area contributed by atoms with Gasteiger partial charge in [0.25, 0.3) is 0 Å². The van der Waals surface area contributed by atoms with Gasteiger partial charge in [-0.25, -0.2) is 0 Å². The van der Waals surface area contributed by atoms with Crippen LogP contribution in [0.2, 0.25) is 0 Å². The summed E-state index contributed by atoms with van der Waals surface area (Å²) in [4.78, 5) is 15.6. The average molecular weight is 249 g/mol. The largest absolute Gasteiger partial charge is 0.355 e. The number of rotatable bonds is 7. The number of carbonyl (C=O) groups is 1. The molecule has 1 aromatic rings. The van der Waals surface area contributed by atoms with Crippen molar-refractivity contribution in [2.24, 2.45) is 5.92 Å². The highest BCUT2D eigenvalue weighted by atomic mass is 16.1. The highest BCUT2D eigenvalue weighted by Crippen LogP contribution is 2.03. The number of aryl methyl sites for hydroxylation is 1. The minimum atomic E-state index is 0.0530. The van der Waals surface area contributed by atoms with E-state index in [0.29, 0.717) is 19.0 Å². The standard InChI is InChI=1S/C14H23N3O/c1-11(2)4-7-17-14(18)10-16-9-13-8-15-6-5-12(13)3/h5-6,8,11,16H,4,7,9-10H2,1-3H3,(H,17,18). The minimum absolute atomic E-state index is 0.0530. The van der Waals surface area contributed by atoms with E-state index in [-0.39, 0.29) is 5.91 Å². The van der Waals surface area contributed by atoms with Crippen molar-refractivity contribution in [2.75, 3.05) is 13.1 Å². The molecule has 2 N–H and O–H groups in total. The van der Waals surface area contributed by atoms with Crippen LogP contribution >= 0.6 is 0 Å². The van der Waals surface area contributed by atoms with Gasteiger partial charge in [0.15, 0.2) is 0 Å². The summed E-state index contributed by atoms with van der Waals surface area (Å²) < 4.78 is 0. The first kappa shape index (κ1) is 14.6. The van der Waals surface area contributed by atoms with Gasteiger partial charge in [-0.2, -0.15) is 0 Å². The van der Waals surface area contributed by atoms with E-state index in [4.69, 9.17) is 0 Å². The van der Waals surface area contributed by atoms with Crippen molar-refractivity contribution in [2.45, 2.75) is 33.7 Å². The van der Waals surface area contributed by atoms with Crippen LogP contribution in [0.25, 0.3) is 0 Å². The molecular weight excluding hydrogens is 226 g/mol. The molecule has 4 heteroatoms. The minimum Gasteiger partial charge on any atom is -0.355 e. The quantitative estimate of drug-likeness (QED) is 0.772. The average Bonchev–Trinajstić information content (AvgIpc) is 2.31. The molecule has 1 amide bonds.